The van der Waals surface area contributed by atoms with Gasteiger partial charge in [0.1, 0.15) is 0 Å². The first-order valence-electron chi connectivity index (χ1n) is 2.29. The summed E-state index contributed by atoms with van der Waals surface area (Å²) in [5.41, 5.74) is 0.222. The van der Waals surface area contributed by atoms with Gasteiger partial charge in [0.25, 0.3) is 0 Å². The first kappa shape index (κ1) is 11.8. The molecule has 3 radical (unpaired) electrons. The van der Waals surface area contributed by atoms with E-state index in [9.17, 15) is 0 Å². The summed E-state index contributed by atoms with van der Waals surface area (Å²) in [4.78, 5) is 0. The molecule has 8 heavy (non-hydrogen) atoms. The van der Waals surface area contributed by atoms with Gasteiger partial charge in [-0.3, -0.25) is 0 Å². The molecule has 0 saturated heterocycles. The number of hydrogen-bond acceptors (Lipinski definition) is 0. The Kier molecular flexibility index (Phi) is 7.16. The predicted molar refractivity (Wildman–Crippen MR) is 38.7 cm³/mol. The van der Waals surface area contributed by atoms with Gasteiger partial charge in [0, 0.05) is 18.9 Å². The van der Waals surface area contributed by atoms with Crippen molar-refractivity contribution in [3.8, 4) is 9.60 Å². The van der Waals surface area contributed by atoms with Crippen molar-refractivity contribution in [2.75, 3.05) is 0 Å². The van der Waals surface area contributed by atoms with Crippen LogP contribution in [-0.4, -0.2) is 43.2 Å². The van der Waals surface area contributed by atoms with Crippen LogP contribution >= 0.6 is 0 Å². The molecule has 0 aliphatic heterocycles. The van der Waals surface area contributed by atoms with Gasteiger partial charge in [0.15, 0.2) is 0 Å². The monoisotopic (exact) mass is 203 g/mol. The summed E-state index contributed by atoms with van der Waals surface area (Å²) in [6.07, 6.45) is 0. The second kappa shape index (κ2) is 4.86. The molecule has 0 amide bonds. The van der Waals surface area contributed by atoms with Crippen molar-refractivity contribution < 1.29 is 0 Å². The summed E-state index contributed by atoms with van der Waals surface area (Å²) in [6.45, 7) is 6.36. The topological polar surface area (TPSA) is 0 Å². The second-order valence-corrected chi connectivity index (χ2v) is 3.34. The molecule has 0 nitrogen and oxygen atoms in total. The quantitative estimate of drug-likeness (QED) is 0.403. The molecule has 0 spiro atoms. The van der Waals surface area contributed by atoms with E-state index in [1.165, 1.54) is 0 Å². The summed E-state index contributed by atoms with van der Waals surface area (Å²) in [5.74, 6) is 3.09. The minimum Gasteiger partial charge on any atom is 0 e. The normalized spacial score (nSPS) is 8.38. The molecule has 0 N–H and O–H groups in total. The van der Waals surface area contributed by atoms with Crippen molar-refractivity contribution in [1.29, 1.82) is 0 Å². The SMILES string of the molecule is CC(C)(C)C#[C][In].[Li]. The van der Waals surface area contributed by atoms with Gasteiger partial charge in [-0.25, -0.2) is 0 Å². The molecular weight excluding hydrogens is 194 g/mol. The van der Waals surface area contributed by atoms with Crippen LogP contribution in [0.25, 0.3) is 0 Å². The van der Waals surface area contributed by atoms with Crippen LogP contribution in [0.4, 0.5) is 0 Å². The van der Waals surface area contributed by atoms with Crippen LogP contribution in [0.5, 0.6) is 0 Å². The molecule has 0 aromatic carbocycles. The largest absolute Gasteiger partial charge is 0 e. The van der Waals surface area contributed by atoms with Gasteiger partial charge in [0.05, 0.1) is 0 Å². The van der Waals surface area contributed by atoms with Gasteiger partial charge in [-0.15, -0.1) is 0 Å². The maximum Gasteiger partial charge on any atom is 0 e. The van der Waals surface area contributed by atoms with Gasteiger partial charge in [-0.1, -0.05) is 0 Å². The Hall–Kier alpha value is 1.03. The molecule has 0 aromatic heterocycles. The van der Waals surface area contributed by atoms with Gasteiger partial charge in [-0.2, -0.15) is 0 Å². The van der Waals surface area contributed by atoms with E-state index in [2.05, 4.69) is 30.4 Å². The summed E-state index contributed by atoms with van der Waals surface area (Å²) in [5, 5.41) is 0. The summed E-state index contributed by atoms with van der Waals surface area (Å²) in [7, 11) is 0. The van der Waals surface area contributed by atoms with Crippen molar-refractivity contribution in [2.45, 2.75) is 20.8 Å². The maximum absolute atomic E-state index is 3.09. The van der Waals surface area contributed by atoms with Crippen molar-refractivity contribution in [2.24, 2.45) is 5.41 Å². The van der Waals surface area contributed by atoms with E-state index in [4.69, 9.17) is 0 Å². The second-order valence-electron chi connectivity index (χ2n) is 2.52. The van der Waals surface area contributed by atoms with Gasteiger partial charge < -0.3 is 0 Å². The van der Waals surface area contributed by atoms with E-state index < -0.39 is 0 Å². The van der Waals surface area contributed by atoms with Gasteiger partial charge >= 0.3 is 60.2 Å². The van der Waals surface area contributed by atoms with E-state index in [0.717, 1.165) is 24.4 Å². The van der Waals surface area contributed by atoms with Gasteiger partial charge in [0.2, 0.25) is 0 Å². The molecule has 0 saturated carbocycles. The molecule has 0 aromatic rings. The van der Waals surface area contributed by atoms with E-state index >= 15 is 0 Å². The first-order valence-corrected chi connectivity index (χ1v) is 3.94. The molecule has 0 aliphatic rings. The minimum atomic E-state index is 0. The van der Waals surface area contributed by atoms with Crippen molar-refractivity contribution in [1.82, 2.24) is 0 Å². The first-order chi connectivity index (χ1) is 3.06. The minimum absolute atomic E-state index is 0. The zero-order valence-corrected chi connectivity index (χ0v) is 9.37. The Labute approximate surface area is 78.6 Å². The van der Waals surface area contributed by atoms with Crippen LogP contribution in [0.15, 0.2) is 0 Å². The maximum atomic E-state index is 3.09. The third-order valence-electron chi connectivity index (χ3n) is 0.447. The third-order valence-corrected chi connectivity index (χ3v) is 0.859. The van der Waals surface area contributed by atoms with Crippen LogP contribution in [0.1, 0.15) is 20.8 Å². The summed E-state index contributed by atoms with van der Waals surface area (Å²) < 4.78 is 2.99. The fraction of sp³-hybridized carbons (Fsp3) is 0.667. The van der Waals surface area contributed by atoms with E-state index in [0.29, 0.717) is 0 Å². The summed E-state index contributed by atoms with van der Waals surface area (Å²) >= 11 is 1.06. The molecule has 0 heterocycles. The van der Waals surface area contributed by atoms with Crippen molar-refractivity contribution >= 4 is 43.2 Å². The average Bonchev–Trinajstić information content (AvgIpc) is 1.30. The predicted octanol–water partition coefficient (Wildman–Crippen LogP) is 0.781. The molecule has 0 fully saturated rings. The van der Waals surface area contributed by atoms with Crippen molar-refractivity contribution in [3.05, 3.63) is 0 Å². The van der Waals surface area contributed by atoms with Crippen LogP contribution < -0.4 is 0 Å². The zero-order valence-electron chi connectivity index (χ0n) is 6.08. The molecule has 2 heteroatoms. The van der Waals surface area contributed by atoms with E-state index in [1.807, 2.05) is 0 Å². The number of hydrogen-bond donors (Lipinski definition) is 0. The fourth-order valence-electron chi connectivity index (χ4n) is 0.217. The Morgan fingerprint density at radius 1 is 1.25 bits per heavy atom. The Bertz CT molecular complexity index is 102. The van der Waals surface area contributed by atoms with Crippen LogP contribution in [-0.2, 0) is 0 Å². The smallest absolute Gasteiger partial charge is 0 e. The summed E-state index contributed by atoms with van der Waals surface area (Å²) in [6, 6.07) is 0. The Balaban J connectivity index is 0. The Morgan fingerprint density at radius 2 is 1.62 bits per heavy atom. The fourth-order valence-corrected chi connectivity index (χ4v) is 1.45. The average molecular weight is 203 g/mol. The van der Waals surface area contributed by atoms with E-state index in [-0.39, 0.29) is 24.3 Å². The third kappa shape index (κ3) is 10.1. The van der Waals surface area contributed by atoms with Crippen LogP contribution in [0, 0.1) is 15.0 Å². The molecule has 0 rings (SSSR count). The van der Waals surface area contributed by atoms with Crippen LogP contribution in [0.3, 0.4) is 0 Å². The van der Waals surface area contributed by atoms with Crippen LogP contribution in [0.2, 0.25) is 0 Å². The van der Waals surface area contributed by atoms with Crippen molar-refractivity contribution in [3.63, 3.8) is 0 Å². The Morgan fingerprint density at radius 3 is 1.62 bits per heavy atom. The number of rotatable bonds is 0. The molecule has 37 valence electrons. The zero-order chi connectivity index (χ0) is 5.91. The standard InChI is InChI=1S/C6H9.In.Li/c1-5-6(2,3)4;;/h2-4H3;;. The molecule has 0 atom stereocenters. The molecule has 0 unspecified atom stereocenters. The molecule has 0 aliphatic carbocycles. The van der Waals surface area contributed by atoms with E-state index in [1.54, 1.807) is 0 Å². The molecular formula is C6H9InLi. The van der Waals surface area contributed by atoms with Gasteiger partial charge in [-0.05, 0) is 0 Å². The molecule has 0 bridgehead atoms.